The van der Waals surface area contributed by atoms with Crippen molar-refractivity contribution in [1.82, 2.24) is 5.32 Å². The fraction of sp³-hybridized carbons (Fsp3) is 0.704. The number of carbonyl (C=O) groups excluding carboxylic acids is 4. The minimum absolute atomic E-state index is 0.185. The molecule has 4 aliphatic rings. The van der Waals surface area contributed by atoms with Crippen LogP contribution < -0.4 is 5.32 Å². The van der Waals surface area contributed by atoms with Crippen LogP contribution >= 0.6 is 0 Å². The van der Waals surface area contributed by atoms with E-state index in [2.05, 4.69) is 14.4 Å². The Hall–Kier alpha value is -4.23. The molecule has 0 aromatic rings. The lowest BCUT2D eigenvalue weighted by molar-refractivity contribution is -0.790. The highest BCUT2D eigenvalue weighted by molar-refractivity contribution is 6.01. The molecule has 0 spiro atoms. The second kappa shape index (κ2) is 12.5. The van der Waals surface area contributed by atoms with E-state index in [0.29, 0.717) is 12.0 Å². The van der Waals surface area contributed by atoms with Gasteiger partial charge >= 0.3 is 12.1 Å². The van der Waals surface area contributed by atoms with E-state index < -0.39 is 113 Å². The Bertz CT molecular complexity index is 1370. The zero-order valence-corrected chi connectivity index (χ0v) is 24.8. The second-order valence-electron chi connectivity index (χ2n) is 12.3. The average Bonchev–Trinajstić information content (AvgIpc) is 3.18. The second-order valence-corrected chi connectivity index (χ2v) is 12.3. The lowest BCUT2D eigenvalue weighted by atomic mass is 9.44. The Labute approximate surface area is 259 Å². The van der Waals surface area contributed by atoms with E-state index in [4.69, 9.17) is 4.74 Å². The number of hydrogen-bond acceptors (Lipinski definition) is 15. The molecule has 19 heteroatoms. The summed E-state index contributed by atoms with van der Waals surface area (Å²) in [6.07, 6.45) is -2.45. The SMILES string of the molecule is C[C@]12C=CC(=O)C=C1CC[C@H]1[C@@H]3C[C@@H](O)[C@](O)(C(=O)COC(=O)NCC(=O)OCC(CO[N+](=O)[O-])O[N+](=O)[O-])[C@@]3(C)C[C@H](O)[C@@]12F. The third kappa shape index (κ3) is 5.77. The number of allylic oxidation sites excluding steroid dienone is 4. The molecule has 254 valence electrons. The van der Waals surface area contributed by atoms with Gasteiger partial charge in [0.1, 0.15) is 19.8 Å². The number of halogens is 1. The number of Topliss-reactive ketones (excluding diaryl/α,β-unsaturated/α-hetero) is 1. The van der Waals surface area contributed by atoms with Crippen LogP contribution in [0, 0.1) is 42.9 Å². The van der Waals surface area contributed by atoms with E-state index in [1.165, 1.54) is 25.2 Å². The molecule has 0 bridgehead atoms. The maximum atomic E-state index is 17.2. The van der Waals surface area contributed by atoms with Gasteiger partial charge in [0.05, 0.1) is 12.2 Å². The summed E-state index contributed by atoms with van der Waals surface area (Å²) in [5, 5.41) is 54.2. The molecule has 46 heavy (non-hydrogen) atoms. The predicted octanol–water partition coefficient (Wildman–Crippen LogP) is -0.317. The largest absolute Gasteiger partial charge is 0.462 e. The quantitative estimate of drug-likeness (QED) is 0.119. The van der Waals surface area contributed by atoms with E-state index in [1.54, 1.807) is 6.92 Å². The summed E-state index contributed by atoms with van der Waals surface area (Å²) in [4.78, 5) is 78.2. The van der Waals surface area contributed by atoms with Gasteiger partial charge in [-0.15, -0.1) is 20.2 Å². The van der Waals surface area contributed by atoms with Crippen molar-refractivity contribution in [2.75, 3.05) is 26.4 Å². The van der Waals surface area contributed by atoms with Crippen molar-refractivity contribution < 1.29 is 68.2 Å². The van der Waals surface area contributed by atoms with E-state index in [9.17, 15) is 54.7 Å². The summed E-state index contributed by atoms with van der Waals surface area (Å²) in [6, 6.07) is 0. The van der Waals surface area contributed by atoms with Gasteiger partial charge in [0.15, 0.2) is 29.8 Å². The summed E-state index contributed by atoms with van der Waals surface area (Å²) in [5.41, 5.74) is -7.16. The summed E-state index contributed by atoms with van der Waals surface area (Å²) in [5.74, 6) is -4.29. The number of alkyl halides is 1. The van der Waals surface area contributed by atoms with Crippen LogP contribution in [0.4, 0.5) is 9.18 Å². The normalized spacial score (nSPS) is 36.6. The topological polar surface area (TPSA) is 264 Å². The van der Waals surface area contributed by atoms with Crippen LogP contribution in [0.3, 0.4) is 0 Å². The molecular formula is C27H34FN3O15. The number of aliphatic hydroxyl groups excluding tert-OH is 2. The number of fused-ring (bicyclic) bond motifs is 5. The van der Waals surface area contributed by atoms with Gasteiger partial charge in [-0.2, -0.15) is 0 Å². The van der Waals surface area contributed by atoms with Crippen LogP contribution in [-0.4, -0.2) is 105 Å². The molecule has 0 aliphatic heterocycles. The molecule has 0 aromatic carbocycles. The van der Waals surface area contributed by atoms with Gasteiger partial charge in [0.2, 0.25) is 5.78 Å². The number of ketones is 2. The summed E-state index contributed by atoms with van der Waals surface area (Å²) in [6.45, 7) is -0.689. The van der Waals surface area contributed by atoms with Gasteiger partial charge in [-0.1, -0.05) is 18.6 Å². The number of carbonyl (C=O) groups is 4. The van der Waals surface area contributed by atoms with E-state index >= 15 is 4.39 Å². The van der Waals surface area contributed by atoms with E-state index in [1.807, 2.05) is 5.32 Å². The predicted molar refractivity (Wildman–Crippen MR) is 145 cm³/mol. The smallest absolute Gasteiger partial charge is 0.408 e. The molecule has 3 fully saturated rings. The first kappa shape index (κ1) is 34.6. The molecular weight excluding hydrogens is 625 g/mol. The first-order valence-electron chi connectivity index (χ1n) is 14.3. The lowest BCUT2D eigenvalue weighted by Crippen LogP contribution is -2.69. The third-order valence-electron chi connectivity index (χ3n) is 10.0. The number of amides is 1. The van der Waals surface area contributed by atoms with Crippen LogP contribution in [-0.2, 0) is 33.5 Å². The molecule has 1 amide bonds. The molecule has 0 heterocycles. The first-order valence-corrected chi connectivity index (χ1v) is 14.3. The fourth-order valence-corrected chi connectivity index (χ4v) is 7.78. The number of esters is 1. The molecule has 0 saturated heterocycles. The molecule has 4 rings (SSSR count). The van der Waals surface area contributed by atoms with Crippen LogP contribution in [0.15, 0.2) is 23.8 Å². The zero-order chi connectivity index (χ0) is 34.2. The summed E-state index contributed by atoms with van der Waals surface area (Å²) < 4.78 is 26.7. The molecule has 9 atom stereocenters. The monoisotopic (exact) mass is 659 g/mol. The molecule has 18 nitrogen and oxygen atoms in total. The minimum Gasteiger partial charge on any atom is -0.462 e. The Morgan fingerprint density at radius 2 is 1.80 bits per heavy atom. The number of rotatable bonds is 12. The van der Waals surface area contributed by atoms with Gasteiger partial charge in [-0.05, 0) is 50.7 Å². The number of aliphatic hydroxyl groups is 3. The van der Waals surface area contributed by atoms with Crippen molar-refractivity contribution in [2.24, 2.45) is 22.7 Å². The highest BCUT2D eigenvalue weighted by Crippen LogP contribution is 2.69. The van der Waals surface area contributed by atoms with Crippen molar-refractivity contribution in [2.45, 2.75) is 69.1 Å². The van der Waals surface area contributed by atoms with Crippen LogP contribution in [0.2, 0.25) is 0 Å². The van der Waals surface area contributed by atoms with Crippen LogP contribution in [0.5, 0.6) is 0 Å². The number of hydrogen-bond donors (Lipinski definition) is 4. The number of alkyl carbamates (subject to hydrolysis) is 1. The molecule has 0 aromatic heterocycles. The molecule has 1 unspecified atom stereocenters. The van der Waals surface area contributed by atoms with Crippen molar-refractivity contribution in [1.29, 1.82) is 0 Å². The Morgan fingerprint density at radius 1 is 1.11 bits per heavy atom. The molecule has 3 saturated carbocycles. The van der Waals surface area contributed by atoms with Gasteiger partial charge in [0, 0.05) is 16.7 Å². The van der Waals surface area contributed by atoms with Gasteiger partial charge < -0.3 is 39.8 Å². The van der Waals surface area contributed by atoms with E-state index in [0.717, 1.165) is 0 Å². The van der Waals surface area contributed by atoms with Gasteiger partial charge in [-0.3, -0.25) is 14.4 Å². The zero-order valence-electron chi connectivity index (χ0n) is 24.8. The highest BCUT2D eigenvalue weighted by atomic mass is 19.1. The van der Waals surface area contributed by atoms with Crippen LogP contribution in [0.25, 0.3) is 0 Å². The third-order valence-corrected chi connectivity index (χ3v) is 10.0. The molecule has 0 radical (unpaired) electrons. The Balaban J connectivity index is 1.37. The molecule has 4 N–H and O–H groups in total. The van der Waals surface area contributed by atoms with Crippen molar-refractivity contribution in [3.63, 3.8) is 0 Å². The van der Waals surface area contributed by atoms with Crippen molar-refractivity contribution >= 4 is 23.6 Å². The van der Waals surface area contributed by atoms with E-state index in [-0.39, 0.29) is 18.6 Å². The Morgan fingerprint density at radius 3 is 2.46 bits per heavy atom. The summed E-state index contributed by atoms with van der Waals surface area (Å²) >= 11 is 0. The maximum absolute atomic E-state index is 17.2. The van der Waals surface area contributed by atoms with Crippen LogP contribution in [0.1, 0.15) is 39.5 Å². The average molecular weight is 660 g/mol. The lowest BCUT2D eigenvalue weighted by Gasteiger charge is -2.62. The maximum Gasteiger partial charge on any atom is 0.408 e. The van der Waals surface area contributed by atoms with Gasteiger partial charge in [0.25, 0.3) is 10.2 Å². The summed E-state index contributed by atoms with van der Waals surface area (Å²) in [7, 11) is 0. The number of nitrogens with zero attached hydrogens (tertiary/aromatic N) is 2. The first-order chi connectivity index (χ1) is 21.4. The van der Waals surface area contributed by atoms with Crippen molar-refractivity contribution in [3.05, 3.63) is 44.0 Å². The standard InChI is InChI=1S/C27H34FN3O15/c1-24-6-5-15(32)7-14(24)3-4-17-18-8-19(33)27(38,25(18,2)9-20(34)26(17,24)28)21(35)13-44-23(37)29-10-22(36)43-11-16(46-31(41)42)12-45-30(39)40/h5-7,16-20,33-34,38H,3-4,8-13H2,1-2H3,(H,29,37)/t16?,17-,18-,19+,20-,24-,25-,26-,27-/m0/s1. The number of nitrogens with one attached hydrogen (secondary N) is 1. The minimum atomic E-state index is -2.55. The number of ether oxygens (including phenoxy) is 2. The van der Waals surface area contributed by atoms with Crippen molar-refractivity contribution in [3.8, 4) is 0 Å². The fourth-order valence-electron chi connectivity index (χ4n) is 7.78. The highest BCUT2D eigenvalue weighted by Gasteiger charge is 2.76. The molecule has 4 aliphatic carbocycles. The van der Waals surface area contributed by atoms with Gasteiger partial charge in [-0.25, -0.2) is 9.18 Å². The Kier molecular flexibility index (Phi) is 9.43.